The van der Waals surface area contributed by atoms with Crippen LogP contribution >= 0.6 is 0 Å². The predicted molar refractivity (Wildman–Crippen MR) is 136 cm³/mol. The Hall–Kier alpha value is -1.07. The molecule has 4 aliphatic rings. The van der Waals surface area contributed by atoms with Crippen molar-refractivity contribution in [2.45, 2.75) is 114 Å². The van der Waals surface area contributed by atoms with Crippen molar-refractivity contribution in [3.05, 3.63) is 0 Å². The van der Waals surface area contributed by atoms with Gasteiger partial charge in [0.05, 0.1) is 24.0 Å². The van der Waals surface area contributed by atoms with Crippen molar-refractivity contribution in [1.29, 1.82) is 0 Å². The number of amides is 1. The lowest BCUT2D eigenvalue weighted by Gasteiger charge is -2.46. The largest absolute Gasteiger partial charge is 0.393 e. The van der Waals surface area contributed by atoms with E-state index in [-0.39, 0.29) is 37.6 Å². The molecule has 5 unspecified atom stereocenters. The van der Waals surface area contributed by atoms with Crippen molar-refractivity contribution in [2.24, 2.45) is 23.7 Å². The van der Waals surface area contributed by atoms with Gasteiger partial charge < -0.3 is 10.4 Å². The first-order valence-corrected chi connectivity index (χ1v) is 15.0. The van der Waals surface area contributed by atoms with Crippen molar-refractivity contribution in [3.8, 4) is 0 Å². The summed E-state index contributed by atoms with van der Waals surface area (Å²) in [5.74, 6) is -5.18. The Kier molecular flexibility index (Phi) is 10.5. The number of carbonyl (C=O) groups is 1. The summed E-state index contributed by atoms with van der Waals surface area (Å²) in [6.45, 7) is 3.18. The quantitative estimate of drug-likeness (QED) is 0.397. The molecular weight excluding hydrogens is 524 g/mol. The van der Waals surface area contributed by atoms with Crippen LogP contribution in [0.25, 0.3) is 0 Å². The Morgan fingerprint density at radius 1 is 0.795 bits per heavy atom. The fourth-order valence-electron chi connectivity index (χ4n) is 7.68. The maximum atomic E-state index is 13.5. The predicted octanol–water partition coefficient (Wildman–Crippen LogP) is 5.52. The van der Waals surface area contributed by atoms with Gasteiger partial charge in [0, 0.05) is 44.7 Å². The molecule has 0 aromatic heterocycles. The number of hydrogen-bond donors (Lipinski definition) is 2. The zero-order valence-corrected chi connectivity index (χ0v) is 22.8. The normalized spacial score (nSPS) is 33.6. The zero-order valence-electron chi connectivity index (χ0n) is 22.8. The van der Waals surface area contributed by atoms with Crippen LogP contribution in [0, 0.1) is 23.7 Å². The number of aliphatic hydroxyl groups excluding tert-OH is 1. The van der Waals surface area contributed by atoms with Crippen molar-refractivity contribution in [2.75, 3.05) is 32.7 Å². The van der Waals surface area contributed by atoms with Crippen LogP contribution in [0.15, 0.2) is 0 Å². The Morgan fingerprint density at radius 2 is 1.36 bits per heavy atom. The van der Waals surface area contributed by atoms with E-state index in [9.17, 15) is 36.2 Å². The first-order chi connectivity index (χ1) is 18.4. The molecule has 226 valence electrons. The SMILES string of the molecule is O=C(NCCC1CC(C(F)(F)F)CC(C(F)(F)F)C1)C(C1CCCCC1O)N1CCN(C2CCCCC2)CC1. The van der Waals surface area contributed by atoms with E-state index in [4.69, 9.17) is 0 Å². The number of nitrogens with zero attached hydrogens (tertiary/aromatic N) is 2. The van der Waals surface area contributed by atoms with Gasteiger partial charge in [0.2, 0.25) is 5.91 Å². The van der Waals surface area contributed by atoms with Crippen LogP contribution in [0.1, 0.15) is 83.5 Å². The van der Waals surface area contributed by atoms with Crippen LogP contribution < -0.4 is 5.32 Å². The molecule has 1 amide bonds. The monoisotopic (exact) mass is 569 g/mol. The lowest BCUT2D eigenvalue weighted by molar-refractivity contribution is -0.228. The fourth-order valence-corrected chi connectivity index (χ4v) is 7.68. The van der Waals surface area contributed by atoms with Crippen LogP contribution in [-0.4, -0.2) is 84.1 Å². The minimum Gasteiger partial charge on any atom is -0.393 e. The molecular formula is C28H45F6N3O2. The number of piperazine rings is 1. The standard InChI is InChI=1S/C28H45F6N3O2/c29-27(30,31)20-16-19(17-21(18-20)28(32,33)34)10-11-35-26(39)25(23-8-4-5-9-24(23)38)37-14-12-36(13-15-37)22-6-2-1-3-7-22/h19-25,38H,1-18H2,(H,35,39). The third-order valence-electron chi connectivity index (χ3n) is 9.87. The van der Waals surface area contributed by atoms with Crippen molar-refractivity contribution in [3.63, 3.8) is 0 Å². The van der Waals surface area contributed by atoms with Crippen LogP contribution in [0.4, 0.5) is 26.3 Å². The molecule has 2 N–H and O–H groups in total. The highest BCUT2D eigenvalue weighted by Crippen LogP contribution is 2.48. The van der Waals surface area contributed by atoms with Gasteiger partial charge >= 0.3 is 12.4 Å². The van der Waals surface area contributed by atoms with E-state index in [1.165, 1.54) is 32.1 Å². The van der Waals surface area contributed by atoms with Crippen molar-refractivity contribution >= 4 is 5.91 Å². The summed E-state index contributed by atoms with van der Waals surface area (Å²) in [6, 6.07) is 0.0519. The zero-order chi connectivity index (χ0) is 28.2. The molecule has 0 bridgehead atoms. The van der Waals surface area contributed by atoms with Gasteiger partial charge in [-0.2, -0.15) is 26.3 Å². The van der Waals surface area contributed by atoms with E-state index in [0.29, 0.717) is 25.6 Å². The first-order valence-electron chi connectivity index (χ1n) is 15.0. The highest BCUT2D eigenvalue weighted by molar-refractivity contribution is 5.82. The summed E-state index contributed by atoms with van der Waals surface area (Å²) in [5, 5.41) is 13.6. The van der Waals surface area contributed by atoms with Crippen molar-refractivity contribution < 1.29 is 36.2 Å². The molecule has 0 aromatic rings. The van der Waals surface area contributed by atoms with E-state index in [1.807, 2.05) is 0 Å². The molecule has 0 aromatic carbocycles. The van der Waals surface area contributed by atoms with E-state index < -0.39 is 48.7 Å². The highest BCUT2D eigenvalue weighted by atomic mass is 19.4. The average molecular weight is 570 g/mol. The van der Waals surface area contributed by atoms with Gasteiger partial charge in [-0.3, -0.25) is 14.6 Å². The summed E-state index contributed by atoms with van der Waals surface area (Å²) in [5.41, 5.74) is 0. The fraction of sp³-hybridized carbons (Fsp3) is 0.964. The summed E-state index contributed by atoms with van der Waals surface area (Å²) in [4.78, 5) is 18.2. The summed E-state index contributed by atoms with van der Waals surface area (Å²) < 4.78 is 80.1. The Morgan fingerprint density at radius 3 is 1.92 bits per heavy atom. The van der Waals surface area contributed by atoms with Gasteiger partial charge in [0.1, 0.15) is 0 Å². The lowest BCUT2D eigenvalue weighted by atomic mass is 9.73. The number of alkyl halides is 6. The molecule has 1 aliphatic heterocycles. The van der Waals surface area contributed by atoms with Crippen molar-refractivity contribution in [1.82, 2.24) is 15.1 Å². The minimum atomic E-state index is -4.66. The Bertz CT molecular complexity index is 758. The number of nitrogens with one attached hydrogen (secondary N) is 1. The molecule has 39 heavy (non-hydrogen) atoms. The van der Waals surface area contributed by atoms with Gasteiger partial charge in [-0.05, 0) is 57.3 Å². The van der Waals surface area contributed by atoms with E-state index in [1.54, 1.807) is 0 Å². The minimum absolute atomic E-state index is 0.0417. The molecule has 4 rings (SSSR count). The Balaban J connectivity index is 1.36. The summed E-state index contributed by atoms with van der Waals surface area (Å²) in [6.07, 6.45) is -2.02. The molecule has 0 spiro atoms. The van der Waals surface area contributed by atoms with Gasteiger partial charge in [-0.25, -0.2) is 0 Å². The molecule has 5 nitrogen and oxygen atoms in total. The molecule has 1 heterocycles. The van der Waals surface area contributed by atoms with E-state index >= 15 is 0 Å². The molecule has 5 atom stereocenters. The van der Waals surface area contributed by atoms with Crippen LogP contribution in [0.2, 0.25) is 0 Å². The smallest absolute Gasteiger partial charge is 0.391 e. The number of hydrogen-bond acceptors (Lipinski definition) is 4. The molecule has 4 fully saturated rings. The second kappa shape index (κ2) is 13.3. The van der Waals surface area contributed by atoms with Gasteiger partial charge in [0.15, 0.2) is 0 Å². The van der Waals surface area contributed by atoms with Crippen LogP contribution in [-0.2, 0) is 4.79 Å². The Labute approximate surface area is 228 Å². The average Bonchev–Trinajstić information content (AvgIpc) is 2.90. The van der Waals surface area contributed by atoms with E-state index in [0.717, 1.165) is 32.4 Å². The van der Waals surface area contributed by atoms with Gasteiger partial charge in [0.25, 0.3) is 0 Å². The third kappa shape index (κ3) is 8.24. The summed E-state index contributed by atoms with van der Waals surface area (Å²) >= 11 is 0. The maximum Gasteiger partial charge on any atom is 0.391 e. The van der Waals surface area contributed by atoms with Gasteiger partial charge in [-0.15, -0.1) is 0 Å². The lowest BCUT2D eigenvalue weighted by Crippen LogP contribution is -2.60. The van der Waals surface area contributed by atoms with Gasteiger partial charge in [-0.1, -0.05) is 32.1 Å². The molecule has 3 saturated carbocycles. The molecule has 1 saturated heterocycles. The topological polar surface area (TPSA) is 55.8 Å². The number of aliphatic hydroxyl groups is 1. The number of carbonyl (C=O) groups excluding carboxylic acids is 1. The van der Waals surface area contributed by atoms with Crippen LogP contribution in [0.5, 0.6) is 0 Å². The first kappa shape index (κ1) is 30.9. The number of rotatable bonds is 7. The van der Waals surface area contributed by atoms with Crippen LogP contribution in [0.3, 0.4) is 0 Å². The highest BCUT2D eigenvalue weighted by Gasteiger charge is 2.51. The second-order valence-electron chi connectivity index (χ2n) is 12.5. The molecule has 11 heteroatoms. The molecule has 3 aliphatic carbocycles. The molecule has 0 radical (unpaired) electrons. The van der Waals surface area contributed by atoms with E-state index in [2.05, 4.69) is 15.1 Å². The summed E-state index contributed by atoms with van der Waals surface area (Å²) in [7, 11) is 0. The second-order valence-corrected chi connectivity index (χ2v) is 12.5. The third-order valence-corrected chi connectivity index (χ3v) is 9.87. The maximum absolute atomic E-state index is 13.5. The number of halogens is 6.